The molecule has 0 fully saturated rings. The molecule has 0 bridgehead atoms. The van der Waals surface area contributed by atoms with Crippen LogP contribution in [0.15, 0.2) is 36.5 Å². The number of benzene rings is 1. The van der Waals surface area contributed by atoms with Crippen LogP contribution in [0.3, 0.4) is 0 Å². The lowest BCUT2D eigenvalue weighted by Crippen LogP contribution is -1.99. The van der Waals surface area contributed by atoms with Crippen molar-refractivity contribution in [3.63, 3.8) is 0 Å². The van der Waals surface area contributed by atoms with Crippen molar-refractivity contribution >= 4 is 0 Å². The minimum Gasteiger partial charge on any atom is -0.491 e. The van der Waals surface area contributed by atoms with Gasteiger partial charge in [0, 0.05) is 11.8 Å². The van der Waals surface area contributed by atoms with E-state index in [-0.39, 0.29) is 5.82 Å². The second-order valence-corrected chi connectivity index (χ2v) is 8.68. The first-order valence-corrected chi connectivity index (χ1v) is 12.6. The number of pyridine rings is 1. The van der Waals surface area contributed by atoms with Gasteiger partial charge in [-0.25, -0.2) is 4.39 Å². The van der Waals surface area contributed by atoms with E-state index in [0.717, 1.165) is 30.5 Å². The monoisotopic (exact) mass is 427 g/mol. The normalized spacial score (nSPS) is 11.1. The highest BCUT2D eigenvalue weighted by Gasteiger charge is 2.07. The average Bonchev–Trinajstić information content (AvgIpc) is 2.79. The minimum absolute atomic E-state index is 0.307. The molecule has 2 aromatic rings. The predicted octanol–water partition coefficient (Wildman–Crippen LogP) is 8.92. The van der Waals surface area contributed by atoms with Gasteiger partial charge in [-0.3, -0.25) is 4.98 Å². The first-order chi connectivity index (χ1) is 15.2. The van der Waals surface area contributed by atoms with Gasteiger partial charge in [0.15, 0.2) is 11.6 Å². The summed E-state index contributed by atoms with van der Waals surface area (Å²) in [6.07, 6.45) is 19.4. The average molecular weight is 428 g/mol. The van der Waals surface area contributed by atoms with Crippen molar-refractivity contribution in [2.75, 3.05) is 6.61 Å². The summed E-state index contributed by atoms with van der Waals surface area (Å²) in [5.41, 5.74) is 2.87. The van der Waals surface area contributed by atoms with Crippen molar-refractivity contribution < 1.29 is 9.13 Å². The highest BCUT2D eigenvalue weighted by molar-refractivity contribution is 5.60. The fourth-order valence-electron chi connectivity index (χ4n) is 3.87. The molecule has 0 aliphatic carbocycles. The summed E-state index contributed by atoms with van der Waals surface area (Å²) in [7, 11) is 0. The van der Waals surface area contributed by atoms with Crippen LogP contribution in [-0.2, 0) is 6.42 Å². The highest BCUT2D eigenvalue weighted by Crippen LogP contribution is 2.25. The largest absolute Gasteiger partial charge is 0.491 e. The highest BCUT2D eigenvalue weighted by atomic mass is 19.1. The van der Waals surface area contributed by atoms with Gasteiger partial charge in [0.2, 0.25) is 0 Å². The van der Waals surface area contributed by atoms with Crippen LogP contribution in [0.1, 0.15) is 103 Å². The number of halogens is 1. The molecule has 0 N–H and O–H groups in total. The molecule has 172 valence electrons. The molecule has 3 heteroatoms. The lowest BCUT2D eigenvalue weighted by Gasteiger charge is -2.09. The molecule has 0 saturated carbocycles. The maximum atomic E-state index is 14.5. The van der Waals surface area contributed by atoms with Gasteiger partial charge in [-0.1, -0.05) is 90.5 Å². The molecule has 0 spiro atoms. The number of unbranched alkanes of at least 4 members (excludes halogenated alkanes) is 11. The van der Waals surface area contributed by atoms with E-state index in [1.54, 1.807) is 6.07 Å². The fraction of sp³-hybridized carbons (Fsp3) is 0.607. The number of aryl methyl sites for hydroxylation is 1. The van der Waals surface area contributed by atoms with Gasteiger partial charge in [-0.15, -0.1) is 0 Å². The molecule has 1 aromatic heterocycles. The van der Waals surface area contributed by atoms with Crippen LogP contribution in [0.2, 0.25) is 0 Å². The maximum absolute atomic E-state index is 14.5. The van der Waals surface area contributed by atoms with Gasteiger partial charge in [0.25, 0.3) is 0 Å². The predicted molar refractivity (Wildman–Crippen MR) is 130 cm³/mol. The smallest absolute Gasteiger partial charge is 0.165 e. The lowest BCUT2D eigenvalue weighted by atomic mass is 10.0. The Morgan fingerprint density at radius 2 is 1.39 bits per heavy atom. The Kier molecular flexibility index (Phi) is 13.0. The van der Waals surface area contributed by atoms with Crippen LogP contribution in [-0.4, -0.2) is 11.6 Å². The quantitative estimate of drug-likeness (QED) is 0.235. The number of hydrogen-bond acceptors (Lipinski definition) is 2. The molecule has 1 aromatic carbocycles. The van der Waals surface area contributed by atoms with Gasteiger partial charge in [0.1, 0.15) is 0 Å². The second-order valence-electron chi connectivity index (χ2n) is 8.68. The summed E-state index contributed by atoms with van der Waals surface area (Å²) >= 11 is 0. The minimum atomic E-state index is -0.307. The third-order valence-electron chi connectivity index (χ3n) is 5.88. The molecule has 0 radical (unpaired) electrons. The molecule has 31 heavy (non-hydrogen) atoms. The maximum Gasteiger partial charge on any atom is 0.165 e. The third-order valence-corrected chi connectivity index (χ3v) is 5.88. The summed E-state index contributed by atoms with van der Waals surface area (Å²) in [6.45, 7) is 5.06. The lowest BCUT2D eigenvalue weighted by molar-refractivity contribution is 0.290. The van der Waals surface area contributed by atoms with Crippen LogP contribution < -0.4 is 4.74 Å². The molecular formula is C28H42FNO. The van der Waals surface area contributed by atoms with Gasteiger partial charge < -0.3 is 4.74 Å². The summed E-state index contributed by atoms with van der Waals surface area (Å²) < 4.78 is 20.1. The van der Waals surface area contributed by atoms with E-state index in [9.17, 15) is 4.39 Å². The summed E-state index contributed by atoms with van der Waals surface area (Å²) in [5.74, 6) is 0.0350. The first-order valence-electron chi connectivity index (χ1n) is 12.6. The molecule has 2 nitrogen and oxygen atoms in total. The number of ether oxygens (including phenoxy) is 1. The molecule has 0 atom stereocenters. The molecular weight excluding hydrogens is 385 g/mol. The van der Waals surface area contributed by atoms with Crippen molar-refractivity contribution in [3.8, 4) is 17.0 Å². The van der Waals surface area contributed by atoms with Crippen molar-refractivity contribution in [3.05, 3.63) is 47.9 Å². The number of aromatic nitrogens is 1. The molecule has 0 aliphatic heterocycles. The van der Waals surface area contributed by atoms with Gasteiger partial charge in [-0.05, 0) is 49.1 Å². The van der Waals surface area contributed by atoms with Crippen LogP contribution >= 0.6 is 0 Å². The Morgan fingerprint density at radius 3 is 2.00 bits per heavy atom. The van der Waals surface area contributed by atoms with Crippen molar-refractivity contribution in [1.29, 1.82) is 0 Å². The molecule has 0 unspecified atom stereocenters. The van der Waals surface area contributed by atoms with Gasteiger partial charge in [-0.2, -0.15) is 0 Å². The molecule has 0 aliphatic rings. The number of rotatable bonds is 17. The third kappa shape index (κ3) is 10.3. The van der Waals surface area contributed by atoms with E-state index in [1.165, 1.54) is 82.3 Å². The Morgan fingerprint density at radius 1 is 0.742 bits per heavy atom. The summed E-state index contributed by atoms with van der Waals surface area (Å²) in [6, 6.07) is 9.30. The van der Waals surface area contributed by atoms with E-state index in [4.69, 9.17) is 4.74 Å². The zero-order chi connectivity index (χ0) is 22.2. The topological polar surface area (TPSA) is 22.1 Å². The van der Waals surface area contributed by atoms with E-state index >= 15 is 0 Å². The molecule has 1 heterocycles. The fourth-order valence-corrected chi connectivity index (χ4v) is 3.87. The van der Waals surface area contributed by atoms with Crippen LogP contribution in [0.25, 0.3) is 11.3 Å². The number of hydrogen-bond donors (Lipinski definition) is 0. The zero-order valence-electron chi connectivity index (χ0n) is 19.8. The Hall–Kier alpha value is -1.90. The van der Waals surface area contributed by atoms with E-state index in [0.29, 0.717) is 12.4 Å². The van der Waals surface area contributed by atoms with Crippen LogP contribution in [0.4, 0.5) is 4.39 Å². The molecule has 2 rings (SSSR count). The molecule has 0 amide bonds. The van der Waals surface area contributed by atoms with Crippen molar-refractivity contribution in [1.82, 2.24) is 4.98 Å². The summed E-state index contributed by atoms with van der Waals surface area (Å²) in [5, 5.41) is 0. The zero-order valence-corrected chi connectivity index (χ0v) is 19.8. The van der Waals surface area contributed by atoms with Crippen LogP contribution in [0, 0.1) is 5.82 Å². The molecule has 0 saturated heterocycles. The SMILES string of the molecule is CCCCCCCCCOc1ccc(-c2ccc(CCCCCCCC)cn2)cc1F. The van der Waals surface area contributed by atoms with Crippen molar-refractivity contribution in [2.24, 2.45) is 0 Å². The Balaban J connectivity index is 1.72. The van der Waals surface area contributed by atoms with Gasteiger partial charge >= 0.3 is 0 Å². The van der Waals surface area contributed by atoms with E-state index in [2.05, 4.69) is 24.9 Å². The second kappa shape index (κ2) is 15.8. The van der Waals surface area contributed by atoms with E-state index < -0.39 is 0 Å². The van der Waals surface area contributed by atoms with E-state index in [1.807, 2.05) is 18.3 Å². The van der Waals surface area contributed by atoms with Crippen LogP contribution in [0.5, 0.6) is 5.75 Å². The Labute approximate surface area is 189 Å². The summed E-state index contributed by atoms with van der Waals surface area (Å²) in [4.78, 5) is 4.56. The number of nitrogens with zero attached hydrogens (tertiary/aromatic N) is 1. The van der Waals surface area contributed by atoms with Crippen molar-refractivity contribution in [2.45, 2.75) is 104 Å². The Bertz CT molecular complexity index is 713. The first kappa shape index (κ1) is 25.4. The standard InChI is InChI=1S/C28H42FNO/c1-3-5-7-9-11-13-15-21-31-28-20-18-25(22-26(28)29)27-19-17-24(23-30-27)16-14-12-10-8-6-4-2/h17-20,22-23H,3-16,21H2,1-2H3. The van der Waals surface area contributed by atoms with Gasteiger partial charge in [0.05, 0.1) is 12.3 Å².